The number of rotatable bonds is 16. The van der Waals surface area contributed by atoms with E-state index in [0.717, 1.165) is 12.1 Å². The van der Waals surface area contributed by atoms with Crippen LogP contribution in [0, 0.1) is 17.7 Å². The Kier molecular flexibility index (Phi) is 18.3. The number of nitrogens with zero attached hydrogens (tertiary/aromatic N) is 10. The first kappa shape index (κ1) is 67.5. The van der Waals surface area contributed by atoms with Crippen LogP contribution >= 0.6 is 23.2 Å². The summed E-state index contributed by atoms with van der Waals surface area (Å²) in [5.41, 5.74) is -2.18. The molecule has 46 heteroatoms. The maximum Gasteiger partial charge on any atom is 0.296 e. The van der Waals surface area contributed by atoms with Crippen molar-refractivity contribution in [1.29, 1.82) is 10.8 Å². The minimum absolute atomic E-state index is 0.000636. The number of aromatic amines is 4. The molecule has 0 aliphatic heterocycles. The number of aryl methyl sites for hydroxylation is 1. The van der Waals surface area contributed by atoms with Crippen molar-refractivity contribution < 1.29 is 88.0 Å². The quantitative estimate of drug-likeness (QED) is 0.0205. The van der Waals surface area contributed by atoms with E-state index in [2.05, 4.69) is 81.0 Å². The number of fused-ring (bicyclic) bond motifs is 2. The van der Waals surface area contributed by atoms with Crippen molar-refractivity contribution >= 4 is 174 Å². The van der Waals surface area contributed by atoms with Crippen molar-refractivity contribution in [1.82, 2.24) is 29.9 Å². The van der Waals surface area contributed by atoms with Gasteiger partial charge in [-0.3, -0.25) is 48.1 Å². The van der Waals surface area contributed by atoms with Gasteiger partial charge in [0.15, 0.2) is 0 Å². The second-order valence-corrected chi connectivity index (χ2v) is 27.7. The predicted molar refractivity (Wildman–Crippen MR) is 324 cm³/mol. The molecule has 0 bridgehead atoms. The summed E-state index contributed by atoms with van der Waals surface area (Å²) in [6, 6.07) is 14.5. The van der Waals surface area contributed by atoms with Crippen LogP contribution in [-0.4, -0.2) is 130 Å². The Bertz CT molecular complexity index is 5850. The minimum atomic E-state index is -5.28. The van der Waals surface area contributed by atoms with Gasteiger partial charge in [-0.05, 0) is 144 Å². The fraction of sp³-hybridized carbons (Fsp3) is 0.0213. The third-order valence-electron chi connectivity index (χ3n) is 12.0. The summed E-state index contributed by atoms with van der Waals surface area (Å²) in [4.78, 5) is 30.8. The summed E-state index contributed by atoms with van der Waals surface area (Å²) in [6.07, 6.45) is 0. The maximum absolute atomic E-state index is 12.5. The Labute approximate surface area is 528 Å². The highest BCUT2D eigenvalue weighted by atomic mass is 35.5. The van der Waals surface area contributed by atoms with Gasteiger partial charge in [0.05, 0.1) is 43.9 Å². The van der Waals surface area contributed by atoms with Gasteiger partial charge in [0, 0.05) is 10.8 Å². The highest BCUT2D eigenvalue weighted by Gasteiger charge is 2.27. The standard InChI is InChI=1S/C47H36Cl2N18O20S6/c1-19-2-5-28(56-46-60-40(48)58-44(62-46)52-22-3-6-29(32(13-22)54-42(50)68)64-66-34-17-26-20(11-38(34)92(82,83)84)9-24(88(70,71)72)15-36(26)90(76,77)78)31(8-19)57-47-61-41(49)59-45(63-47)53-23-4-7-30(33(14-23)55-43(51)69)65-67-35-18-27-21(12-39(35)93(85,86)87)10-25(89(73,74)75)16-37(27)91(79,80)81/h2-18H,1H3,(H3,50,54,68)(H3,51,55,69)(H,70,71,72)(H,73,74,75)(H,76,77,78)(H,79,80,81)(H,82,83,84)(H,85,86,87)(H2,52,56,58,60,62)(H2,53,57,59,61,63). The van der Waals surface area contributed by atoms with Gasteiger partial charge < -0.3 is 30.8 Å². The predicted octanol–water partition coefficient (Wildman–Crippen LogP) is 6.76. The van der Waals surface area contributed by atoms with Crippen LogP contribution in [0.3, 0.4) is 0 Å². The maximum atomic E-state index is 12.5. The highest BCUT2D eigenvalue weighted by molar-refractivity contribution is 7.87. The van der Waals surface area contributed by atoms with Crippen LogP contribution in [0.4, 0.5) is 56.9 Å². The fourth-order valence-corrected chi connectivity index (χ4v) is 12.6. The number of halogens is 2. The zero-order valence-electron chi connectivity index (χ0n) is 45.5. The van der Waals surface area contributed by atoms with Crippen LogP contribution in [-0.2, 0) is 60.7 Å². The van der Waals surface area contributed by atoms with Gasteiger partial charge in [-0.1, -0.05) is 6.07 Å². The molecule has 0 unspecified atom stereocenters. The fourth-order valence-electron chi connectivity index (χ4n) is 8.25. The van der Waals surface area contributed by atoms with Crippen LogP contribution < -0.4 is 33.1 Å². The SMILES string of the molecule is Cc1ccc(N=c2[nH]c(Cl)nc(=Nc3ccc(N=Nc4cc5c(S(=O)(=O)O)cc(S(=O)(=O)O)cc5cc4S(=O)(=O)O)c(NC(=N)O)c3)[nH]2)c(N=c2[nH]c(Cl)nc(=Nc3ccc(N=Nc4cc5c(S(=O)(=O)O)cc(S(=O)(=O)O)cc5cc4S(=O)(=O)O)c(NC(=N)O)c3)[nH]2)c1. The van der Waals surface area contributed by atoms with Gasteiger partial charge >= 0.3 is 0 Å². The lowest BCUT2D eigenvalue weighted by atomic mass is 10.1. The van der Waals surface area contributed by atoms with Crippen molar-refractivity contribution in [3.05, 3.63) is 142 Å². The lowest BCUT2D eigenvalue weighted by Gasteiger charge is -2.11. The molecule has 0 saturated heterocycles. The molecule has 0 aliphatic carbocycles. The monoisotopic (exact) mass is 1430 g/mol. The zero-order valence-corrected chi connectivity index (χ0v) is 51.9. The Morgan fingerprint density at radius 3 is 1.15 bits per heavy atom. The van der Waals surface area contributed by atoms with E-state index < -0.39 is 135 Å². The van der Waals surface area contributed by atoms with Gasteiger partial charge in [0.2, 0.25) is 33.0 Å². The Hall–Kier alpha value is -9.94. The summed E-state index contributed by atoms with van der Waals surface area (Å²) in [7, 11) is -31.4. The minimum Gasteiger partial charge on any atom is -0.481 e. The second-order valence-electron chi connectivity index (χ2n) is 18.6. The number of aliphatic hydroxyl groups is 2. The largest absolute Gasteiger partial charge is 0.481 e. The molecule has 9 aromatic rings. The van der Waals surface area contributed by atoms with Crippen molar-refractivity contribution in [3.63, 3.8) is 0 Å². The van der Waals surface area contributed by atoms with E-state index in [-0.39, 0.29) is 78.5 Å². The number of hydrogen-bond donors (Lipinski definition) is 16. The topological polar surface area (TPSA) is 626 Å². The smallest absolute Gasteiger partial charge is 0.296 e. The van der Waals surface area contributed by atoms with Gasteiger partial charge in [-0.2, -0.15) is 60.5 Å². The number of hydrogen-bond acceptors (Lipinski definition) is 24. The molecule has 7 aromatic carbocycles. The molecule has 0 aliphatic rings. The molecule has 484 valence electrons. The lowest BCUT2D eigenvalue weighted by molar-refractivity contribution is 0.477. The van der Waals surface area contributed by atoms with Gasteiger partial charge in [0.25, 0.3) is 72.8 Å². The lowest BCUT2D eigenvalue weighted by Crippen LogP contribution is -2.27. The first-order valence-corrected chi connectivity index (χ1v) is 33.9. The molecular formula is C47H36Cl2N18O20S6. The second kappa shape index (κ2) is 25.3. The zero-order chi connectivity index (χ0) is 68.1. The van der Waals surface area contributed by atoms with Gasteiger partial charge in [-0.25, -0.2) is 20.0 Å². The molecule has 16 N–H and O–H groups in total. The number of anilines is 2. The molecule has 0 fully saturated rings. The highest BCUT2D eigenvalue weighted by Crippen LogP contribution is 2.40. The first-order chi connectivity index (χ1) is 43.1. The van der Waals surface area contributed by atoms with E-state index in [1.54, 1.807) is 25.1 Å². The van der Waals surface area contributed by atoms with Crippen molar-refractivity contribution in [3.8, 4) is 0 Å². The summed E-state index contributed by atoms with van der Waals surface area (Å²) < 4.78 is 206. The third kappa shape index (κ3) is 16.4. The van der Waals surface area contributed by atoms with Crippen LogP contribution in [0.2, 0.25) is 10.6 Å². The summed E-state index contributed by atoms with van der Waals surface area (Å²) in [5, 5.41) is 52.6. The average Bonchev–Trinajstić information content (AvgIpc) is 0.760. The van der Waals surface area contributed by atoms with Gasteiger partial charge in [-0.15, -0.1) is 20.5 Å². The molecule has 0 atom stereocenters. The number of azo groups is 2. The number of aromatic nitrogens is 6. The molecule has 0 radical (unpaired) electrons. The van der Waals surface area contributed by atoms with Crippen molar-refractivity contribution in [2.24, 2.45) is 40.4 Å². The van der Waals surface area contributed by atoms with E-state index in [0.29, 0.717) is 42.0 Å². The summed E-state index contributed by atoms with van der Waals surface area (Å²) in [5.74, 6) is 0. The molecule has 2 heterocycles. The number of H-pyrrole nitrogens is 4. The molecule has 93 heavy (non-hydrogen) atoms. The Morgan fingerprint density at radius 2 is 0.785 bits per heavy atom. The molecule has 0 amide bonds. The summed E-state index contributed by atoms with van der Waals surface area (Å²) in [6.45, 7) is 1.73. The van der Waals surface area contributed by atoms with Crippen molar-refractivity contribution in [2.45, 2.75) is 36.3 Å². The van der Waals surface area contributed by atoms with E-state index in [1.165, 1.54) is 36.4 Å². The van der Waals surface area contributed by atoms with E-state index in [4.69, 9.17) is 34.0 Å². The van der Waals surface area contributed by atoms with E-state index in [9.17, 15) is 88.0 Å². The third-order valence-corrected chi connectivity index (χ3v) is 17.6. The van der Waals surface area contributed by atoms with E-state index in [1.807, 2.05) is 0 Å². The molecular weight excluding hydrogens is 1400 g/mol. The number of benzene rings is 7. The number of nitrogens with one attached hydrogen (secondary N) is 8. The molecule has 38 nitrogen and oxygen atoms in total. The van der Waals surface area contributed by atoms with Crippen LogP contribution in [0.1, 0.15) is 5.56 Å². The first-order valence-electron chi connectivity index (χ1n) is 24.5. The number of amidine groups is 2. The number of aliphatic hydroxyl groups excluding tert-OH is 2. The Balaban J connectivity index is 1.05. The summed E-state index contributed by atoms with van der Waals surface area (Å²) >= 11 is 12.8. The van der Waals surface area contributed by atoms with Crippen LogP contribution in [0.5, 0.6) is 0 Å². The normalized spacial score (nSPS) is 13.6. The molecule has 0 spiro atoms. The molecule has 9 rings (SSSR count). The molecule has 2 aromatic heterocycles. The van der Waals surface area contributed by atoms with Gasteiger partial charge in [0.1, 0.15) is 42.3 Å². The molecule has 0 saturated carbocycles. The van der Waals surface area contributed by atoms with Crippen LogP contribution in [0.15, 0.2) is 173 Å². The average molecular weight is 1440 g/mol. The van der Waals surface area contributed by atoms with E-state index >= 15 is 0 Å². The van der Waals surface area contributed by atoms with Crippen LogP contribution in [0.25, 0.3) is 21.5 Å². The van der Waals surface area contributed by atoms with Crippen molar-refractivity contribution in [2.75, 3.05) is 10.6 Å². The Morgan fingerprint density at radius 1 is 0.419 bits per heavy atom.